The highest BCUT2D eigenvalue weighted by atomic mass is 32.2. The first kappa shape index (κ1) is 13.2. The first-order valence-electron chi connectivity index (χ1n) is 5.15. The Morgan fingerprint density at radius 1 is 1.12 bits per heavy atom. The van der Waals surface area contributed by atoms with Gasteiger partial charge in [0.05, 0.1) is 10.5 Å². The lowest BCUT2D eigenvalue weighted by Gasteiger charge is -2.19. The van der Waals surface area contributed by atoms with E-state index in [0.29, 0.717) is 5.56 Å². The standard InChI is InChI=1S/C12H18O3S/c1-9-6-7-10(2)11(8-9)16(13,14)15-12(3,4)5/h6-8H,1-5H3. The first-order chi connectivity index (χ1) is 7.12. The van der Waals surface area contributed by atoms with Gasteiger partial charge in [0.1, 0.15) is 0 Å². The van der Waals surface area contributed by atoms with Gasteiger partial charge in [-0.1, -0.05) is 12.1 Å². The minimum absolute atomic E-state index is 0.252. The summed E-state index contributed by atoms with van der Waals surface area (Å²) < 4.78 is 29.1. The van der Waals surface area contributed by atoms with Crippen LogP contribution >= 0.6 is 0 Å². The summed E-state index contributed by atoms with van der Waals surface area (Å²) in [6.07, 6.45) is 0. The van der Waals surface area contributed by atoms with Gasteiger partial charge in [0.15, 0.2) is 0 Å². The largest absolute Gasteiger partial charge is 0.297 e. The van der Waals surface area contributed by atoms with Crippen molar-refractivity contribution < 1.29 is 12.6 Å². The molecule has 1 aromatic rings. The normalized spacial score (nSPS) is 12.8. The van der Waals surface area contributed by atoms with E-state index in [1.807, 2.05) is 13.0 Å². The van der Waals surface area contributed by atoms with Crippen LogP contribution in [0.4, 0.5) is 0 Å². The lowest BCUT2D eigenvalue weighted by molar-refractivity contribution is 0.139. The third-order valence-electron chi connectivity index (χ3n) is 1.97. The Hall–Kier alpha value is -0.870. The van der Waals surface area contributed by atoms with Gasteiger partial charge in [-0.25, -0.2) is 0 Å². The van der Waals surface area contributed by atoms with Gasteiger partial charge < -0.3 is 0 Å². The fourth-order valence-corrected chi connectivity index (χ4v) is 2.89. The second-order valence-electron chi connectivity index (χ2n) is 4.92. The minimum atomic E-state index is -3.67. The van der Waals surface area contributed by atoms with Crippen LogP contribution in [-0.2, 0) is 14.3 Å². The number of rotatable bonds is 2. The molecule has 90 valence electrons. The average molecular weight is 242 g/mol. The molecule has 1 aromatic carbocycles. The third kappa shape index (κ3) is 3.32. The van der Waals surface area contributed by atoms with E-state index in [4.69, 9.17) is 4.18 Å². The highest BCUT2D eigenvalue weighted by Crippen LogP contribution is 2.23. The monoisotopic (exact) mass is 242 g/mol. The van der Waals surface area contributed by atoms with Crippen molar-refractivity contribution in [3.05, 3.63) is 29.3 Å². The van der Waals surface area contributed by atoms with E-state index in [1.54, 1.807) is 39.8 Å². The molecule has 4 heteroatoms. The Morgan fingerprint density at radius 3 is 2.19 bits per heavy atom. The lowest BCUT2D eigenvalue weighted by atomic mass is 10.2. The topological polar surface area (TPSA) is 43.4 Å². The summed E-state index contributed by atoms with van der Waals surface area (Å²) in [5.41, 5.74) is 0.895. The molecule has 0 bridgehead atoms. The van der Waals surface area contributed by atoms with Crippen LogP contribution in [0.1, 0.15) is 31.9 Å². The van der Waals surface area contributed by atoms with E-state index in [2.05, 4.69) is 0 Å². The molecular formula is C12H18O3S. The molecule has 3 nitrogen and oxygen atoms in total. The Kier molecular flexibility index (Phi) is 3.45. The van der Waals surface area contributed by atoms with Crippen LogP contribution in [0.2, 0.25) is 0 Å². The van der Waals surface area contributed by atoms with E-state index in [9.17, 15) is 8.42 Å². The maximum Gasteiger partial charge on any atom is 0.297 e. The van der Waals surface area contributed by atoms with E-state index in [1.165, 1.54) is 0 Å². The summed E-state index contributed by atoms with van der Waals surface area (Å²) in [5.74, 6) is 0. The van der Waals surface area contributed by atoms with Crippen molar-refractivity contribution in [2.45, 2.75) is 45.1 Å². The second kappa shape index (κ2) is 4.18. The second-order valence-corrected chi connectivity index (χ2v) is 6.43. The van der Waals surface area contributed by atoms with Gasteiger partial charge in [-0.2, -0.15) is 8.42 Å². The molecule has 0 aliphatic carbocycles. The van der Waals surface area contributed by atoms with Gasteiger partial charge in [-0.15, -0.1) is 0 Å². The van der Waals surface area contributed by atoms with Crippen LogP contribution in [0.25, 0.3) is 0 Å². The summed E-state index contributed by atoms with van der Waals surface area (Å²) >= 11 is 0. The van der Waals surface area contributed by atoms with E-state index < -0.39 is 15.7 Å². The minimum Gasteiger partial charge on any atom is -0.261 e. The summed E-state index contributed by atoms with van der Waals surface area (Å²) in [6, 6.07) is 5.30. The first-order valence-corrected chi connectivity index (χ1v) is 6.55. The molecule has 0 saturated carbocycles. The molecule has 0 N–H and O–H groups in total. The van der Waals surface area contributed by atoms with Crippen molar-refractivity contribution in [2.75, 3.05) is 0 Å². The number of hydrogen-bond acceptors (Lipinski definition) is 3. The van der Waals surface area contributed by atoms with Crippen molar-refractivity contribution in [1.82, 2.24) is 0 Å². The predicted molar refractivity (Wildman–Crippen MR) is 63.9 cm³/mol. The Bertz CT molecular complexity index is 481. The number of benzene rings is 1. The molecule has 0 unspecified atom stereocenters. The summed E-state index contributed by atoms with van der Waals surface area (Å²) in [7, 11) is -3.67. The molecular weight excluding hydrogens is 224 g/mol. The molecule has 0 spiro atoms. The van der Waals surface area contributed by atoms with Crippen molar-refractivity contribution in [2.24, 2.45) is 0 Å². The van der Waals surface area contributed by atoms with E-state index >= 15 is 0 Å². The smallest absolute Gasteiger partial charge is 0.261 e. The van der Waals surface area contributed by atoms with Crippen molar-refractivity contribution >= 4 is 10.1 Å². The molecule has 0 aromatic heterocycles. The molecule has 0 aliphatic heterocycles. The quantitative estimate of drug-likeness (QED) is 0.749. The summed E-state index contributed by atoms with van der Waals surface area (Å²) in [5, 5.41) is 0. The van der Waals surface area contributed by atoms with Crippen molar-refractivity contribution in [3.8, 4) is 0 Å². The zero-order valence-electron chi connectivity index (χ0n) is 10.4. The van der Waals surface area contributed by atoms with Crippen molar-refractivity contribution in [3.63, 3.8) is 0 Å². The molecule has 0 saturated heterocycles. The fourth-order valence-electron chi connectivity index (χ4n) is 1.35. The van der Waals surface area contributed by atoms with Gasteiger partial charge in [0.25, 0.3) is 10.1 Å². The molecule has 1 rings (SSSR count). The number of hydrogen-bond donors (Lipinski definition) is 0. The zero-order chi connectivity index (χ0) is 12.6. The van der Waals surface area contributed by atoms with Gasteiger partial charge >= 0.3 is 0 Å². The van der Waals surface area contributed by atoms with E-state index in [0.717, 1.165) is 5.56 Å². The van der Waals surface area contributed by atoms with Gasteiger partial charge in [0.2, 0.25) is 0 Å². The maximum absolute atomic E-state index is 12.0. The van der Waals surface area contributed by atoms with Crippen LogP contribution in [0.3, 0.4) is 0 Å². The van der Waals surface area contributed by atoms with Crippen LogP contribution in [0.15, 0.2) is 23.1 Å². The third-order valence-corrected chi connectivity index (χ3v) is 3.67. The van der Waals surface area contributed by atoms with Crippen LogP contribution in [0, 0.1) is 13.8 Å². The van der Waals surface area contributed by atoms with Gasteiger partial charge in [-0.05, 0) is 51.8 Å². The lowest BCUT2D eigenvalue weighted by Crippen LogP contribution is -2.24. The van der Waals surface area contributed by atoms with E-state index in [-0.39, 0.29) is 4.90 Å². The SMILES string of the molecule is Cc1ccc(C)c(S(=O)(=O)OC(C)(C)C)c1. The maximum atomic E-state index is 12.0. The van der Waals surface area contributed by atoms with Crippen molar-refractivity contribution in [1.29, 1.82) is 0 Å². The predicted octanol–water partition coefficient (Wildman–Crippen LogP) is 2.81. The van der Waals surface area contributed by atoms with Crippen LogP contribution in [0.5, 0.6) is 0 Å². The molecule has 0 aliphatic rings. The number of aryl methyl sites for hydroxylation is 2. The highest BCUT2D eigenvalue weighted by molar-refractivity contribution is 7.86. The van der Waals surface area contributed by atoms with Crippen LogP contribution < -0.4 is 0 Å². The molecule has 0 heterocycles. The molecule has 0 radical (unpaired) electrons. The van der Waals surface area contributed by atoms with Gasteiger partial charge in [-0.3, -0.25) is 4.18 Å². The Morgan fingerprint density at radius 2 is 1.69 bits per heavy atom. The highest BCUT2D eigenvalue weighted by Gasteiger charge is 2.25. The molecule has 16 heavy (non-hydrogen) atoms. The Balaban J connectivity index is 3.22. The summed E-state index contributed by atoms with van der Waals surface area (Å²) in [6.45, 7) is 8.77. The zero-order valence-corrected chi connectivity index (χ0v) is 11.2. The Labute approximate surface area is 97.6 Å². The summed E-state index contributed by atoms with van der Waals surface area (Å²) in [4.78, 5) is 0.252. The van der Waals surface area contributed by atoms with Gasteiger partial charge in [0, 0.05) is 0 Å². The molecule has 0 atom stereocenters. The van der Waals surface area contributed by atoms with Crippen LogP contribution in [-0.4, -0.2) is 14.0 Å². The fraction of sp³-hybridized carbons (Fsp3) is 0.500. The molecule has 0 fully saturated rings. The average Bonchev–Trinajstić information content (AvgIpc) is 2.04. The molecule has 0 amide bonds.